The maximum absolute atomic E-state index is 7.51. The molecule has 0 amide bonds. The molecule has 0 aliphatic carbocycles. The summed E-state index contributed by atoms with van der Waals surface area (Å²) in [5, 5.41) is 7.51. The van der Waals surface area contributed by atoms with E-state index in [0.717, 1.165) is 0 Å². The van der Waals surface area contributed by atoms with Gasteiger partial charge in [-0.3, -0.25) is 0 Å². The number of hydrogen-bond acceptors (Lipinski definition) is 1. The van der Waals surface area contributed by atoms with E-state index in [1.807, 2.05) is 0 Å². The number of alkyl halides is 3. The molecule has 0 aliphatic rings. The van der Waals surface area contributed by atoms with Crippen LogP contribution in [-0.4, -0.2) is 4.30 Å². The van der Waals surface area contributed by atoms with Gasteiger partial charge in [-0.1, -0.05) is 41.4 Å². The standard InChI is InChI=1S/C3H3N.CHCl3/c1-2-3-4;2-1(3)4/h2H,1H2;1H. The van der Waals surface area contributed by atoms with Crippen molar-refractivity contribution in [2.75, 3.05) is 0 Å². The van der Waals surface area contributed by atoms with Gasteiger partial charge in [-0.05, 0) is 0 Å². The molecule has 0 spiro atoms. The van der Waals surface area contributed by atoms with Crippen molar-refractivity contribution in [1.29, 1.82) is 5.26 Å². The number of hydrogen-bond donors (Lipinski definition) is 0. The normalized spacial score (nSPS) is 6.38. The van der Waals surface area contributed by atoms with Crippen molar-refractivity contribution in [1.82, 2.24) is 0 Å². The van der Waals surface area contributed by atoms with Gasteiger partial charge in [0.25, 0.3) is 0 Å². The van der Waals surface area contributed by atoms with Crippen molar-refractivity contribution in [3.05, 3.63) is 12.7 Å². The lowest BCUT2D eigenvalue weighted by molar-refractivity contribution is 1.54. The molecule has 0 aromatic carbocycles. The average molecular weight is 172 g/mol. The average Bonchev–Trinajstić information content (AvgIpc) is 1.65. The van der Waals surface area contributed by atoms with Crippen LogP contribution in [0.4, 0.5) is 0 Å². The summed E-state index contributed by atoms with van der Waals surface area (Å²) in [7, 11) is 0. The maximum atomic E-state index is 7.51. The highest BCUT2D eigenvalue weighted by Gasteiger charge is 1.78. The van der Waals surface area contributed by atoms with E-state index in [0.29, 0.717) is 0 Å². The molecule has 0 atom stereocenters. The predicted molar refractivity (Wildman–Crippen MR) is 37.2 cm³/mol. The monoisotopic (exact) mass is 171 g/mol. The Balaban J connectivity index is 0. The molecule has 0 aliphatic heterocycles. The molecule has 46 valence electrons. The summed E-state index contributed by atoms with van der Waals surface area (Å²) in [5.41, 5.74) is 0. The Labute approximate surface area is 63.5 Å². The lowest BCUT2D eigenvalue weighted by atomic mass is 10.8. The molecule has 0 aromatic rings. The van der Waals surface area contributed by atoms with E-state index in [1.165, 1.54) is 6.08 Å². The van der Waals surface area contributed by atoms with Crippen molar-refractivity contribution in [2.45, 2.75) is 4.30 Å². The van der Waals surface area contributed by atoms with E-state index < -0.39 is 4.30 Å². The minimum absolute atomic E-state index is 0.750. The zero-order chi connectivity index (χ0) is 6.99. The quantitative estimate of drug-likeness (QED) is 0.407. The first-order valence-corrected chi connectivity index (χ1v) is 2.88. The van der Waals surface area contributed by atoms with Crippen molar-refractivity contribution >= 4 is 34.8 Å². The summed E-state index contributed by atoms with van der Waals surface area (Å²) in [6.07, 6.45) is 1.18. The zero-order valence-electron chi connectivity index (χ0n) is 3.94. The summed E-state index contributed by atoms with van der Waals surface area (Å²) in [5.74, 6) is 0. The minimum Gasteiger partial charge on any atom is -0.193 e. The molecular formula is C4H4Cl3N. The third kappa shape index (κ3) is 131. The highest BCUT2D eigenvalue weighted by atomic mass is 35.6. The van der Waals surface area contributed by atoms with Gasteiger partial charge in [0, 0.05) is 6.08 Å². The SMILES string of the molecule is C=CC#N.ClC(Cl)Cl. The van der Waals surface area contributed by atoms with Crippen LogP contribution in [0.15, 0.2) is 12.7 Å². The second-order valence-electron chi connectivity index (χ2n) is 0.581. The first-order chi connectivity index (χ1) is 3.65. The lowest BCUT2D eigenvalue weighted by Crippen LogP contribution is -1.55. The number of nitrogens with zero attached hydrogens (tertiary/aromatic N) is 1. The van der Waals surface area contributed by atoms with Gasteiger partial charge in [0.05, 0.1) is 6.07 Å². The van der Waals surface area contributed by atoms with Crippen LogP contribution in [0, 0.1) is 11.3 Å². The molecular weight excluding hydrogens is 168 g/mol. The van der Waals surface area contributed by atoms with E-state index in [1.54, 1.807) is 6.07 Å². The Morgan fingerprint density at radius 2 is 1.62 bits per heavy atom. The molecule has 0 N–H and O–H groups in total. The fourth-order valence-corrected chi connectivity index (χ4v) is 0. The summed E-state index contributed by atoms with van der Waals surface area (Å²) in [6.45, 7) is 3.12. The number of allylic oxidation sites excluding steroid dienone is 1. The van der Waals surface area contributed by atoms with Crippen LogP contribution < -0.4 is 0 Å². The zero-order valence-corrected chi connectivity index (χ0v) is 6.21. The minimum atomic E-state index is -0.750. The van der Waals surface area contributed by atoms with Crippen LogP contribution in [0.25, 0.3) is 0 Å². The Morgan fingerprint density at radius 1 is 1.50 bits per heavy atom. The van der Waals surface area contributed by atoms with Crippen molar-refractivity contribution < 1.29 is 0 Å². The van der Waals surface area contributed by atoms with Crippen LogP contribution >= 0.6 is 34.8 Å². The van der Waals surface area contributed by atoms with E-state index in [4.69, 9.17) is 40.1 Å². The van der Waals surface area contributed by atoms with Crippen LogP contribution in [0.3, 0.4) is 0 Å². The number of rotatable bonds is 0. The van der Waals surface area contributed by atoms with Crippen LogP contribution in [0.5, 0.6) is 0 Å². The summed E-state index contributed by atoms with van der Waals surface area (Å²) < 4.78 is -0.750. The van der Waals surface area contributed by atoms with Crippen LogP contribution in [-0.2, 0) is 0 Å². The molecule has 0 aromatic heterocycles. The molecule has 0 saturated carbocycles. The van der Waals surface area contributed by atoms with Gasteiger partial charge in [0.1, 0.15) is 0 Å². The van der Waals surface area contributed by atoms with E-state index >= 15 is 0 Å². The maximum Gasteiger partial charge on any atom is 0.180 e. The molecule has 1 nitrogen and oxygen atoms in total. The second kappa shape index (κ2) is 10.2. The van der Waals surface area contributed by atoms with Gasteiger partial charge in [-0.2, -0.15) is 5.26 Å². The third-order valence-electron chi connectivity index (χ3n) is 0.0913. The van der Waals surface area contributed by atoms with Crippen molar-refractivity contribution in [2.24, 2.45) is 0 Å². The topological polar surface area (TPSA) is 23.8 Å². The smallest absolute Gasteiger partial charge is 0.180 e. The van der Waals surface area contributed by atoms with E-state index in [9.17, 15) is 0 Å². The van der Waals surface area contributed by atoms with Crippen molar-refractivity contribution in [3.8, 4) is 6.07 Å². The molecule has 0 radical (unpaired) electrons. The number of nitriles is 1. The Kier molecular flexibility index (Phi) is 13.9. The fraction of sp³-hybridized carbons (Fsp3) is 0.250. The van der Waals surface area contributed by atoms with Gasteiger partial charge >= 0.3 is 0 Å². The van der Waals surface area contributed by atoms with Crippen LogP contribution in [0.2, 0.25) is 0 Å². The first kappa shape index (κ1) is 11.0. The predicted octanol–water partition coefficient (Wildman–Crippen LogP) is 2.68. The molecule has 8 heavy (non-hydrogen) atoms. The summed E-state index contributed by atoms with van der Waals surface area (Å²) in [4.78, 5) is 0. The number of halogens is 3. The van der Waals surface area contributed by atoms with Gasteiger partial charge in [0.2, 0.25) is 0 Å². The lowest BCUT2D eigenvalue weighted by Gasteiger charge is -1.69. The van der Waals surface area contributed by atoms with E-state index in [-0.39, 0.29) is 0 Å². The fourth-order valence-electron chi connectivity index (χ4n) is 0. The third-order valence-corrected chi connectivity index (χ3v) is 0.0913. The second-order valence-corrected chi connectivity index (χ2v) is 2.56. The Morgan fingerprint density at radius 3 is 1.62 bits per heavy atom. The van der Waals surface area contributed by atoms with Gasteiger partial charge in [-0.25, -0.2) is 0 Å². The van der Waals surface area contributed by atoms with Gasteiger partial charge in [-0.15, -0.1) is 0 Å². The first-order valence-electron chi connectivity index (χ1n) is 1.58. The highest BCUT2D eigenvalue weighted by molar-refractivity contribution is 6.63. The molecule has 0 bridgehead atoms. The summed E-state index contributed by atoms with van der Waals surface area (Å²) >= 11 is 14.4. The molecule has 0 saturated heterocycles. The molecule has 0 heterocycles. The van der Waals surface area contributed by atoms with Gasteiger partial charge in [0.15, 0.2) is 4.30 Å². The molecule has 4 heteroatoms. The summed E-state index contributed by atoms with van der Waals surface area (Å²) in [6, 6.07) is 1.69. The van der Waals surface area contributed by atoms with Crippen molar-refractivity contribution in [3.63, 3.8) is 0 Å². The molecule has 0 rings (SSSR count). The molecule has 0 fully saturated rings. The Hall–Kier alpha value is 0.1000. The van der Waals surface area contributed by atoms with E-state index in [2.05, 4.69) is 6.58 Å². The largest absolute Gasteiger partial charge is 0.193 e. The highest BCUT2D eigenvalue weighted by Crippen LogP contribution is 2.03. The molecule has 0 unspecified atom stereocenters. The van der Waals surface area contributed by atoms with Crippen LogP contribution in [0.1, 0.15) is 0 Å². The van der Waals surface area contributed by atoms with Gasteiger partial charge < -0.3 is 0 Å². The Bertz CT molecular complexity index is 81.0.